The van der Waals surface area contributed by atoms with Crippen molar-refractivity contribution in [2.75, 3.05) is 20.3 Å². The van der Waals surface area contributed by atoms with Crippen molar-refractivity contribution in [3.63, 3.8) is 0 Å². The molecule has 1 aliphatic heterocycles. The van der Waals surface area contributed by atoms with E-state index in [2.05, 4.69) is 26.1 Å². The fourth-order valence-corrected chi connectivity index (χ4v) is 2.44. The van der Waals surface area contributed by atoms with Gasteiger partial charge in [0.15, 0.2) is 0 Å². The van der Waals surface area contributed by atoms with Crippen LogP contribution in [0.5, 0.6) is 0 Å². The van der Waals surface area contributed by atoms with Gasteiger partial charge in [-0.05, 0) is 19.3 Å². The van der Waals surface area contributed by atoms with Gasteiger partial charge in [0.05, 0.1) is 18.7 Å². The second-order valence-corrected chi connectivity index (χ2v) is 5.07. The SMILES string of the molecule is CCC(COC)N1CCCC(NC(C)C)C1=O. The Labute approximate surface area is 105 Å². The van der Waals surface area contributed by atoms with Crippen LogP contribution >= 0.6 is 0 Å². The van der Waals surface area contributed by atoms with Crippen molar-refractivity contribution in [3.8, 4) is 0 Å². The first-order valence-electron chi connectivity index (χ1n) is 6.65. The first-order valence-corrected chi connectivity index (χ1v) is 6.65. The lowest BCUT2D eigenvalue weighted by atomic mass is 10.0. The molecule has 1 rings (SSSR count). The number of piperidine rings is 1. The molecule has 17 heavy (non-hydrogen) atoms. The van der Waals surface area contributed by atoms with E-state index < -0.39 is 0 Å². The van der Waals surface area contributed by atoms with Crippen LogP contribution in [0.4, 0.5) is 0 Å². The van der Waals surface area contributed by atoms with Crippen LogP contribution in [0.2, 0.25) is 0 Å². The highest BCUT2D eigenvalue weighted by atomic mass is 16.5. The smallest absolute Gasteiger partial charge is 0.240 e. The maximum atomic E-state index is 12.3. The molecule has 0 radical (unpaired) electrons. The van der Waals surface area contributed by atoms with Gasteiger partial charge in [0.1, 0.15) is 0 Å². The van der Waals surface area contributed by atoms with Crippen LogP contribution in [0, 0.1) is 0 Å². The van der Waals surface area contributed by atoms with E-state index in [0.717, 1.165) is 25.8 Å². The van der Waals surface area contributed by atoms with Gasteiger partial charge in [0, 0.05) is 19.7 Å². The summed E-state index contributed by atoms with van der Waals surface area (Å²) in [6.07, 6.45) is 2.99. The zero-order valence-electron chi connectivity index (χ0n) is 11.5. The van der Waals surface area contributed by atoms with Gasteiger partial charge in [-0.3, -0.25) is 4.79 Å². The Balaban J connectivity index is 2.63. The van der Waals surface area contributed by atoms with Gasteiger partial charge >= 0.3 is 0 Å². The van der Waals surface area contributed by atoms with E-state index in [9.17, 15) is 4.79 Å². The minimum Gasteiger partial charge on any atom is -0.383 e. The standard InChI is InChI=1S/C13H26N2O2/c1-5-11(9-17-4)15-8-6-7-12(13(15)16)14-10(2)3/h10-12,14H,5-9H2,1-4H3. The summed E-state index contributed by atoms with van der Waals surface area (Å²) in [5, 5.41) is 3.35. The van der Waals surface area contributed by atoms with Crippen LogP contribution in [0.3, 0.4) is 0 Å². The predicted molar refractivity (Wildman–Crippen MR) is 69.0 cm³/mol. The Morgan fingerprint density at radius 2 is 2.24 bits per heavy atom. The van der Waals surface area contributed by atoms with Gasteiger partial charge in [0.2, 0.25) is 5.91 Å². The van der Waals surface area contributed by atoms with Gasteiger partial charge in [-0.15, -0.1) is 0 Å². The lowest BCUT2D eigenvalue weighted by Gasteiger charge is -2.38. The van der Waals surface area contributed by atoms with Gasteiger partial charge < -0.3 is 15.0 Å². The van der Waals surface area contributed by atoms with Crippen molar-refractivity contribution in [1.82, 2.24) is 10.2 Å². The molecule has 0 bridgehead atoms. The Morgan fingerprint density at radius 3 is 2.76 bits per heavy atom. The topological polar surface area (TPSA) is 41.6 Å². The summed E-state index contributed by atoms with van der Waals surface area (Å²) in [5.74, 6) is 0.244. The van der Waals surface area contributed by atoms with E-state index in [1.807, 2.05) is 4.90 Å². The summed E-state index contributed by atoms with van der Waals surface area (Å²) in [6, 6.07) is 0.574. The Morgan fingerprint density at radius 1 is 1.53 bits per heavy atom. The summed E-state index contributed by atoms with van der Waals surface area (Å²) < 4.78 is 5.20. The van der Waals surface area contributed by atoms with E-state index in [0.29, 0.717) is 12.6 Å². The highest BCUT2D eigenvalue weighted by molar-refractivity contribution is 5.83. The zero-order valence-corrected chi connectivity index (χ0v) is 11.5. The third-order valence-corrected chi connectivity index (χ3v) is 3.28. The second kappa shape index (κ2) is 6.97. The number of carbonyl (C=O) groups is 1. The molecule has 2 atom stereocenters. The molecule has 1 amide bonds. The average molecular weight is 242 g/mol. The summed E-state index contributed by atoms with van der Waals surface area (Å²) in [6.45, 7) is 7.78. The normalized spacial score (nSPS) is 23.2. The van der Waals surface area contributed by atoms with Crippen LogP contribution < -0.4 is 5.32 Å². The Hall–Kier alpha value is -0.610. The molecule has 0 aliphatic carbocycles. The maximum Gasteiger partial charge on any atom is 0.240 e. The number of hydrogen-bond donors (Lipinski definition) is 1. The van der Waals surface area contributed by atoms with E-state index in [4.69, 9.17) is 4.74 Å². The largest absolute Gasteiger partial charge is 0.383 e. The summed E-state index contributed by atoms with van der Waals surface area (Å²) >= 11 is 0. The van der Waals surface area contributed by atoms with Crippen LogP contribution in [0.25, 0.3) is 0 Å². The number of methoxy groups -OCH3 is 1. The number of ether oxygens (including phenoxy) is 1. The molecular formula is C13H26N2O2. The summed E-state index contributed by atoms with van der Waals surface area (Å²) in [4.78, 5) is 14.3. The van der Waals surface area contributed by atoms with Crippen LogP contribution in [0.15, 0.2) is 0 Å². The molecule has 0 aromatic carbocycles. The van der Waals surface area contributed by atoms with Gasteiger partial charge in [-0.1, -0.05) is 20.8 Å². The molecule has 0 spiro atoms. The van der Waals surface area contributed by atoms with Gasteiger partial charge in [-0.2, -0.15) is 0 Å². The number of amides is 1. The lowest BCUT2D eigenvalue weighted by molar-refractivity contribution is -0.140. The van der Waals surface area contributed by atoms with Crippen molar-refractivity contribution >= 4 is 5.91 Å². The number of rotatable bonds is 6. The lowest BCUT2D eigenvalue weighted by Crippen LogP contribution is -2.56. The molecule has 1 heterocycles. The molecule has 0 saturated carbocycles. The van der Waals surface area contributed by atoms with E-state index >= 15 is 0 Å². The molecule has 2 unspecified atom stereocenters. The number of nitrogens with zero attached hydrogens (tertiary/aromatic N) is 1. The molecule has 0 aromatic rings. The van der Waals surface area contributed by atoms with Crippen molar-refractivity contribution < 1.29 is 9.53 Å². The summed E-state index contributed by atoms with van der Waals surface area (Å²) in [7, 11) is 1.70. The predicted octanol–water partition coefficient (Wildman–Crippen LogP) is 1.40. The van der Waals surface area contributed by atoms with Crippen molar-refractivity contribution in [2.45, 2.75) is 58.2 Å². The van der Waals surface area contributed by atoms with Gasteiger partial charge in [0.25, 0.3) is 0 Å². The molecule has 4 nitrogen and oxygen atoms in total. The van der Waals surface area contributed by atoms with Crippen LogP contribution in [0.1, 0.15) is 40.0 Å². The number of hydrogen-bond acceptors (Lipinski definition) is 3. The number of likely N-dealkylation sites (tertiary alicyclic amines) is 1. The monoisotopic (exact) mass is 242 g/mol. The Kier molecular flexibility index (Phi) is 5.92. The molecule has 0 aromatic heterocycles. The second-order valence-electron chi connectivity index (χ2n) is 5.07. The van der Waals surface area contributed by atoms with Crippen molar-refractivity contribution in [3.05, 3.63) is 0 Å². The summed E-state index contributed by atoms with van der Waals surface area (Å²) in [5.41, 5.74) is 0. The van der Waals surface area contributed by atoms with Crippen molar-refractivity contribution in [2.24, 2.45) is 0 Å². The molecular weight excluding hydrogens is 216 g/mol. The first-order chi connectivity index (χ1) is 8.10. The van der Waals surface area contributed by atoms with Crippen LogP contribution in [-0.2, 0) is 9.53 Å². The quantitative estimate of drug-likeness (QED) is 0.765. The fourth-order valence-electron chi connectivity index (χ4n) is 2.44. The molecule has 1 aliphatic rings. The van der Waals surface area contributed by atoms with Gasteiger partial charge in [-0.25, -0.2) is 0 Å². The first kappa shape index (κ1) is 14.5. The third kappa shape index (κ3) is 3.96. The van der Waals surface area contributed by atoms with E-state index in [1.54, 1.807) is 7.11 Å². The highest BCUT2D eigenvalue weighted by Gasteiger charge is 2.32. The fraction of sp³-hybridized carbons (Fsp3) is 0.923. The third-order valence-electron chi connectivity index (χ3n) is 3.28. The number of nitrogens with one attached hydrogen (secondary N) is 1. The van der Waals surface area contributed by atoms with Crippen molar-refractivity contribution in [1.29, 1.82) is 0 Å². The molecule has 4 heteroatoms. The minimum absolute atomic E-state index is 0.00495. The van der Waals surface area contributed by atoms with E-state index in [-0.39, 0.29) is 18.0 Å². The zero-order chi connectivity index (χ0) is 12.8. The molecule has 100 valence electrons. The average Bonchev–Trinajstić information content (AvgIpc) is 2.29. The highest BCUT2D eigenvalue weighted by Crippen LogP contribution is 2.17. The molecule has 1 fully saturated rings. The van der Waals surface area contributed by atoms with E-state index in [1.165, 1.54) is 0 Å². The Bertz CT molecular complexity index is 244. The molecule has 1 saturated heterocycles. The number of carbonyl (C=O) groups excluding carboxylic acids is 1. The molecule has 1 N–H and O–H groups in total. The maximum absolute atomic E-state index is 12.3. The minimum atomic E-state index is -0.00495. The van der Waals surface area contributed by atoms with Crippen LogP contribution in [-0.4, -0.2) is 49.2 Å².